The SMILES string of the molecule is COc1cccc(-c2nnc(SCC(=O)N(C)Cc3ccsc3)n2-c2ccccc2)c1. The lowest BCUT2D eigenvalue weighted by Gasteiger charge is -2.16. The van der Waals surface area contributed by atoms with Crippen LogP contribution in [0.1, 0.15) is 5.56 Å². The number of para-hydroxylation sites is 1. The maximum absolute atomic E-state index is 12.7. The molecule has 4 rings (SSSR count). The first kappa shape index (κ1) is 21.1. The maximum atomic E-state index is 12.7. The van der Waals surface area contributed by atoms with Crippen LogP contribution in [0.5, 0.6) is 5.75 Å². The van der Waals surface area contributed by atoms with Gasteiger partial charge in [-0.25, -0.2) is 0 Å². The monoisotopic (exact) mass is 450 g/mol. The summed E-state index contributed by atoms with van der Waals surface area (Å²) in [4.78, 5) is 14.4. The minimum atomic E-state index is 0.0433. The molecule has 4 aromatic rings. The smallest absolute Gasteiger partial charge is 0.233 e. The van der Waals surface area contributed by atoms with Crippen LogP contribution in [0.4, 0.5) is 0 Å². The number of ether oxygens (including phenoxy) is 1. The second-order valence-electron chi connectivity index (χ2n) is 6.88. The molecule has 8 heteroatoms. The summed E-state index contributed by atoms with van der Waals surface area (Å²) in [5.41, 5.74) is 2.97. The van der Waals surface area contributed by atoms with E-state index in [9.17, 15) is 4.79 Å². The number of aromatic nitrogens is 3. The Bertz CT molecular complexity index is 1140. The number of hydrogen-bond acceptors (Lipinski definition) is 6. The summed E-state index contributed by atoms with van der Waals surface area (Å²) in [6.07, 6.45) is 0. The van der Waals surface area contributed by atoms with E-state index in [1.54, 1.807) is 23.3 Å². The highest BCUT2D eigenvalue weighted by Crippen LogP contribution is 2.29. The van der Waals surface area contributed by atoms with Crippen LogP contribution in [0, 0.1) is 0 Å². The minimum Gasteiger partial charge on any atom is -0.497 e. The molecule has 0 fully saturated rings. The Hall–Kier alpha value is -3.10. The van der Waals surface area contributed by atoms with Gasteiger partial charge in [0.2, 0.25) is 5.91 Å². The van der Waals surface area contributed by atoms with Crippen molar-refractivity contribution in [2.24, 2.45) is 0 Å². The third kappa shape index (κ3) is 4.98. The molecule has 0 radical (unpaired) electrons. The summed E-state index contributed by atoms with van der Waals surface area (Å²) < 4.78 is 7.34. The number of thiophene rings is 1. The number of nitrogens with zero attached hydrogens (tertiary/aromatic N) is 4. The third-order valence-corrected chi connectivity index (χ3v) is 6.37. The Labute approximate surface area is 189 Å². The summed E-state index contributed by atoms with van der Waals surface area (Å²) in [6, 6.07) is 19.7. The number of benzene rings is 2. The Balaban J connectivity index is 1.59. The van der Waals surface area contributed by atoms with E-state index >= 15 is 0 Å². The second-order valence-corrected chi connectivity index (χ2v) is 8.60. The van der Waals surface area contributed by atoms with Gasteiger partial charge in [0.05, 0.1) is 12.9 Å². The van der Waals surface area contributed by atoms with Gasteiger partial charge in [-0.05, 0) is 46.7 Å². The van der Waals surface area contributed by atoms with Crippen LogP contribution >= 0.6 is 23.1 Å². The second kappa shape index (κ2) is 9.80. The zero-order valence-electron chi connectivity index (χ0n) is 17.3. The molecule has 0 atom stereocenters. The van der Waals surface area contributed by atoms with Gasteiger partial charge < -0.3 is 9.64 Å². The number of methoxy groups -OCH3 is 1. The van der Waals surface area contributed by atoms with E-state index in [1.807, 2.05) is 77.7 Å². The molecule has 0 bridgehead atoms. The van der Waals surface area contributed by atoms with Crippen molar-refractivity contribution in [2.75, 3.05) is 19.9 Å². The highest BCUT2D eigenvalue weighted by atomic mass is 32.2. The van der Waals surface area contributed by atoms with Crippen LogP contribution in [0.15, 0.2) is 76.6 Å². The van der Waals surface area contributed by atoms with Gasteiger partial charge in [-0.15, -0.1) is 10.2 Å². The first-order chi connectivity index (χ1) is 15.2. The molecule has 0 aliphatic carbocycles. The topological polar surface area (TPSA) is 60.3 Å². The molecule has 31 heavy (non-hydrogen) atoms. The van der Waals surface area contributed by atoms with Crippen LogP contribution in [0.2, 0.25) is 0 Å². The largest absolute Gasteiger partial charge is 0.497 e. The fraction of sp³-hybridized carbons (Fsp3) is 0.174. The zero-order valence-corrected chi connectivity index (χ0v) is 18.9. The van der Waals surface area contributed by atoms with E-state index in [4.69, 9.17) is 4.74 Å². The lowest BCUT2D eigenvalue weighted by Crippen LogP contribution is -2.27. The zero-order chi connectivity index (χ0) is 21.6. The van der Waals surface area contributed by atoms with Gasteiger partial charge in [-0.1, -0.05) is 42.1 Å². The highest BCUT2D eigenvalue weighted by molar-refractivity contribution is 7.99. The molecule has 0 aliphatic heterocycles. The van der Waals surface area contributed by atoms with Crippen molar-refractivity contribution < 1.29 is 9.53 Å². The molecule has 1 amide bonds. The number of carbonyl (C=O) groups is 1. The number of hydrogen-bond donors (Lipinski definition) is 0. The Morgan fingerprint density at radius 2 is 1.97 bits per heavy atom. The van der Waals surface area contributed by atoms with E-state index in [0.717, 1.165) is 22.6 Å². The van der Waals surface area contributed by atoms with E-state index in [2.05, 4.69) is 15.6 Å². The highest BCUT2D eigenvalue weighted by Gasteiger charge is 2.19. The van der Waals surface area contributed by atoms with E-state index in [1.165, 1.54) is 11.8 Å². The summed E-state index contributed by atoms with van der Waals surface area (Å²) in [6.45, 7) is 0.601. The fourth-order valence-electron chi connectivity index (χ4n) is 3.10. The first-order valence-corrected chi connectivity index (χ1v) is 11.6. The number of carbonyl (C=O) groups excluding carboxylic acids is 1. The first-order valence-electron chi connectivity index (χ1n) is 9.69. The van der Waals surface area contributed by atoms with Gasteiger partial charge in [0.1, 0.15) is 5.75 Å². The molecule has 2 heterocycles. The quantitative estimate of drug-likeness (QED) is 0.363. The van der Waals surface area contributed by atoms with Crippen molar-refractivity contribution in [3.63, 3.8) is 0 Å². The third-order valence-electron chi connectivity index (χ3n) is 4.73. The Morgan fingerprint density at radius 1 is 1.13 bits per heavy atom. The molecule has 2 aromatic heterocycles. The summed E-state index contributed by atoms with van der Waals surface area (Å²) >= 11 is 3.02. The van der Waals surface area contributed by atoms with Crippen LogP contribution in [-0.4, -0.2) is 45.5 Å². The molecule has 0 N–H and O–H groups in total. The summed E-state index contributed by atoms with van der Waals surface area (Å²) in [5, 5.41) is 13.6. The van der Waals surface area contributed by atoms with E-state index in [-0.39, 0.29) is 11.7 Å². The maximum Gasteiger partial charge on any atom is 0.233 e. The predicted octanol–water partition coefficient (Wildman–Crippen LogP) is 4.76. The molecular weight excluding hydrogens is 428 g/mol. The van der Waals surface area contributed by atoms with Crippen molar-refractivity contribution in [1.29, 1.82) is 0 Å². The molecule has 0 saturated carbocycles. The van der Waals surface area contributed by atoms with Crippen molar-refractivity contribution in [2.45, 2.75) is 11.7 Å². The lowest BCUT2D eigenvalue weighted by molar-refractivity contribution is -0.127. The van der Waals surface area contributed by atoms with Gasteiger partial charge in [0, 0.05) is 24.8 Å². The normalized spacial score (nSPS) is 10.8. The molecule has 2 aromatic carbocycles. The lowest BCUT2D eigenvalue weighted by atomic mass is 10.2. The molecule has 158 valence electrons. The number of rotatable bonds is 8. The van der Waals surface area contributed by atoms with E-state index in [0.29, 0.717) is 17.5 Å². The van der Waals surface area contributed by atoms with Crippen molar-refractivity contribution in [3.05, 3.63) is 77.0 Å². The van der Waals surface area contributed by atoms with Gasteiger partial charge >= 0.3 is 0 Å². The van der Waals surface area contributed by atoms with Gasteiger partial charge in [-0.2, -0.15) is 11.3 Å². The van der Waals surface area contributed by atoms with Crippen LogP contribution < -0.4 is 4.74 Å². The standard InChI is InChI=1S/C23H22N4O2S2/c1-26(14-17-11-12-30-15-17)21(28)16-31-23-25-24-22(18-7-6-10-20(13-18)29-2)27(23)19-8-4-3-5-9-19/h3-13,15H,14,16H2,1-2H3. The molecule has 0 aliphatic rings. The summed E-state index contributed by atoms with van der Waals surface area (Å²) in [7, 11) is 3.46. The number of amides is 1. The van der Waals surface area contributed by atoms with Gasteiger partial charge in [0.25, 0.3) is 0 Å². The predicted molar refractivity (Wildman–Crippen MR) is 125 cm³/mol. The van der Waals surface area contributed by atoms with Crippen molar-refractivity contribution in [3.8, 4) is 22.8 Å². The molecule has 0 unspecified atom stereocenters. The van der Waals surface area contributed by atoms with E-state index < -0.39 is 0 Å². The summed E-state index contributed by atoms with van der Waals surface area (Å²) in [5.74, 6) is 1.77. The average Bonchev–Trinajstić information content (AvgIpc) is 3.48. The molecule has 6 nitrogen and oxygen atoms in total. The van der Waals surface area contributed by atoms with Gasteiger partial charge in [-0.3, -0.25) is 9.36 Å². The minimum absolute atomic E-state index is 0.0433. The molecule has 0 saturated heterocycles. The van der Waals surface area contributed by atoms with Crippen molar-refractivity contribution in [1.82, 2.24) is 19.7 Å². The van der Waals surface area contributed by atoms with Crippen LogP contribution in [0.3, 0.4) is 0 Å². The molecular formula is C23H22N4O2S2. The van der Waals surface area contributed by atoms with Crippen LogP contribution in [-0.2, 0) is 11.3 Å². The average molecular weight is 451 g/mol. The van der Waals surface area contributed by atoms with Crippen LogP contribution in [0.25, 0.3) is 17.1 Å². The van der Waals surface area contributed by atoms with Gasteiger partial charge in [0.15, 0.2) is 11.0 Å². The molecule has 0 spiro atoms. The number of thioether (sulfide) groups is 1. The van der Waals surface area contributed by atoms with Crippen molar-refractivity contribution >= 4 is 29.0 Å². The fourth-order valence-corrected chi connectivity index (χ4v) is 4.66. The Morgan fingerprint density at radius 3 is 2.71 bits per heavy atom. The Kier molecular flexibility index (Phi) is 6.69.